The zero-order valence-corrected chi connectivity index (χ0v) is 10.4. The maximum absolute atomic E-state index is 10.8. The molecule has 0 aliphatic heterocycles. The Bertz CT molecular complexity index is 336. The maximum Gasteiger partial charge on any atom is 0.344 e. The molecule has 1 aromatic carbocycles. The van der Waals surface area contributed by atoms with E-state index in [1.165, 1.54) is 0 Å². The lowest BCUT2D eigenvalue weighted by Gasteiger charge is -2.14. The van der Waals surface area contributed by atoms with E-state index in [4.69, 9.17) is 14.6 Å². The number of halogens is 1. The van der Waals surface area contributed by atoms with Gasteiger partial charge in [0, 0.05) is 11.8 Å². The highest BCUT2D eigenvalue weighted by Crippen LogP contribution is 2.19. The number of benzene rings is 1. The van der Waals surface area contributed by atoms with Crippen LogP contribution in [0.1, 0.15) is 6.42 Å². The molecule has 1 atom stereocenters. The fraction of sp³-hybridized carbons (Fsp3) is 0.364. The summed E-state index contributed by atoms with van der Waals surface area (Å²) in [6.45, 7) is 0. The van der Waals surface area contributed by atoms with Crippen molar-refractivity contribution in [2.45, 2.75) is 12.5 Å². The summed E-state index contributed by atoms with van der Waals surface area (Å²) in [7, 11) is 1.57. The van der Waals surface area contributed by atoms with E-state index >= 15 is 0 Å². The van der Waals surface area contributed by atoms with E-state index in [1.807, 2.05) is 0 Å². The van der Waals surface area contributed by atoms with E-state index in [0.29, 0.717) is 23.2 Å². The van der Waals surface area contributed by atoms with Gasteiger partial charge in [-0.15, -0.1) is 0 Å². The number of hydrogen-bond donors (Lipinski definition) is 1. The minimum absolute atomic E-state index is 0.418. The summed E-state index contributed by atoms with van der Waals surface area (Å²) in [4.78, 5) is 10.8. The number of alkyl halides is 1. The number of ether oxygens (including phenoxy) is 2. The number of carboxylic acids is 1. The summed E-state index contributed by atoms with van der Waals surface area (Å²) in [5.74, 6) is 0.268. The van der Waals surface area contributed by atoms with Crippen LogP contribution in [0.2, 0.25) is 0 Å². The summed E-state index contributed by atoms with van der Waals surface area (Å²) in [5.41, 5.74) is 0. The zero-order valence-electron chi connectivity index (χ0n) is 8.85. The average Bonchev–Trinajstić information content (AvgIpc) is 2.29. The third-order valence-corrected chi connectivity index (χ3v) is 2.44. The Hall–Kier alpha value is -1.23. The molecule has 1 N–H and O–H groups in total. The van der Waals surface area contributed by atoms with Gasteiger partial charge in [-0.2, -0.15) is 0 Å². The van der Waals surface area contributed by atoms with Crippen molar-refractivity contribution >= 4 is 21.9 Å². The molecule has 16 heavy (non-hydrogen) atoms. The second-order valence-electron chi connectivity index (χ2n) is 3.10. The van der Waals surface area contributed by atoms with Crippen LogP contribution in [0.5, 0.6) is 11.5 Å². The van der Waals surface area contributed by atoms with Gasteiger partial charge in [-0.1, -0.05) is 15.9 Å². The molecule has 0 bridgehead atoms. The molecule has 0 radical (unpaired) electrons. The molecule has 0 saturated heterocycles. The number of rotatable bonds is 6. The third-order valence-electron chi connectivity index (χ3n) is 1.98. The Morgan fingerprint density at radius 3 is 2.38 bits per heavy atom. The monoisotopic (exact) mass is 288 g/mol. The molecule has 0 saturated carbocycles. The van der Waals surface area contributed by atoms with Gasteiger partial charge in [-0.05, 0) is 24.3 Å². The van der Waals surface area contributed by atoms with Crippen LogP contribution in [0.15, 0.2) is 24.3 Å². The average molecular weight is 289 g/mol. The molecule has 4 nitrogen and oxygen atoms in total. The molecule has 0 fully saturated rings. The predicted octanol–water partition coefficient (Wildman–Crippen LogP) is 2.31. The number of carboxylic acid groups (broad SMARTS) is 1. The fourth-order valence-electron chi connectivity index (χ4n) is 1.15. The van der Waals surface area contributed by atoms with Crippen molar-refractivity contribution < 1.29 is 19.4 Å². The van der Waals surface area contributed by atoms with Crippen LogP contribution >= 0.6 is 15.9 Å². The van der Waals surface area contributed by atoms with Gasteiger partial charge in [0.05, 0.1) is 7.11 Å². The van der Waals surface area contributed by atoms with Gasteiger partial charge in [0.2, 0.25) is 0 Å². The molecule has 0 amide bonds. The summed E-state index contributed by atoms with van der Waals surface area (Å²) < 4.78 is 10.3. The Labute approximate surface area is 102 Å². The van der Waals surface area contributed by atoms with Crippen LogP contribution in [0.4, 0.5) is 0 Å². The Morgan fingerprint density at radius 1 is 1.38 bits per heavy atom. The molecule has 5 heteroatoms. The van der Waals surface area contributed by atoms with Crippen molar-refractivity contribution in [2.75, 3.05) is 12.4 Å². The first-order valence-corrected chi connectivity index (χ1v) is 5.89. The van der Waals surface area contributed by atoms with E-state index < -0.39 is 12.1 Å². The largest absolute Gasteiger partial charge is 0.497 e. The van der Waals surface area contributed by atoms with Crippen molar-refractivity contribution in [2.24, 2.45) is 0 Å². The summed E-state index contributed by atoms with van der Waals surface area (Å²) >= 11 is 3.19. The topological polar surface area (TPSA) is 55.8 Å². The standard InChI is InChI=1S/C11H13BrO4/c1-15-8-2-4-9(5-3-8)16-10(6-7-12)11(13)14/h2-5,10H,6-7H2,1H3,(H,13,14). The van der Waals surface area contributed by atoms with Crippen molar-refractivity contribution in [3.8, 4) is 11.5 Å². The lowest BCUT2D eigenvalue weighted by Crippen LogP contribution is -2.27. The first kappa shape index (κ1) is 12.8. The highest BCUT2D eigenvalue weighted by Gasteiger charge is 2.18. The van der Waals surface area contributed by atoms with Crippen molar-refractivity contribution in [3.05, 3.63) is 24.3 Å². The van der Waals surface area contributed by atoms with Crippen molar-refractivity contribution in [3.63, 3.8) is 0 Å². The molecule has 1 aromatic rings. The second-order valence-corrected chi connectivity index (χ2v) is 3.89. The normalized spacial score (nSPS) is 11.9. The third kappa shape index (κ3) is 3.73. The van der Waals surface area contributed by atoms with Crippen LogP contribution in [0.25, 0.3) is 0 Å². The van der Waals surface area contributed by atoms with Crippen molar-refractivity contribution in [1.82, 2.24) is 0 Å². The van der Waals surface area contributed by atoms with Gasteiger partial charge in [0.25, 0.3) is 0 Å². The smallest absolute Gasteiger partial charge is 0.344 e. The summed E-state index contributed by atoms with van der Waals surface area (Å²) in [6, 6.07) is 6.82. The molecular formula is C11H13BrO4. The maximum atomic E-state index is 10.8. The Kier molecular flexibility index (Phi) is 5.11. The lowest BCUT2D eigenvalue weighted by atomic mass is 10.2. The molecule has 0 aliphatic rings. The summed E-state index contributed by atoms with van der Waals surface area (Å²) in [6.07, 6.45) is -0.408. The lowest BCUT2D eigenvalue weighted by molar-refractivity contribution is -0.145. The van der Waals surface area contributed by atoms with Gasteiger partial charge < -0.3 is 14.6 Å². The number of hydrogen-bond acceptors (Lipinski definition) is 3. The molecule has 0 spiro atoms. The molecular weight excluding hydrogens is 276 g/mol. The molecule has 88 valence electrons. The summed E-state index contributed by atoms with van der Waals surface area (Å²) in [5, 5.41) is 9.48. The van der Waals surface area contributed by atoms with E-state index in [1.54, 1.807) is 31.4 Å². The van der Waals surface area contributed by atoms with Crippen LogP contribution in [-0.2, 0) is 4.79 Å². The van der Waals surface area contributed by atoms with Gasteiger partial charge in [0.15, 0.2) is 6.10 Å². The van der Waals surface area contributed by atoms with Crippen LogP contribution < -0.4 is 9.47 Å². The number of aliphatic carboxylic acids is 1. The quantitative estimate of drug-likeness (QED) is 0.816. The molecule has 0 aromatic heterocycles. The number of methoxy groups -OCH3 is 1. The van der Waals surface area contributed by atoms with E-state index in [-0.39, 0.29) is 0 Å². The minimum Gasteiger partial charge on any atom is -0.497 e. The fourth-order valence-corrected chi connectivity index (χ4v) is 1.57. The molecule has 1 unspecified atom stereocenters. The first-order chi connectivity index (χ1) is 7.67. The molecule has 0 heterocycles. The number of carbonyl (C=O) groups is 1. The van der Waals surface area contributed by atoms with Gasteiger partial charge in [-0.25, -0.2) is 4.79 Å². The first-order valence-electron chi connectivity index (χ1n) is 4.77. The van der Waals surface area contributed by atoms with Crippen LogP contribution in [0, 0.1) is 0 Å². The van der Waals surface area contributed by atoms with Crippen LogP contribution in [0.3, 0.4) is 0 Å². The van der Waals surface area contributed by atoms with Crippen molar-refractivity contribution in [1.29, 1.82) is 0 Å². The van der Waals surface area contributed by atoms with Gasteiger partial charge >= 0.3 is 5.97 Å². The van der Waals surface area contributed by atoms with Gasteiger partial charge in [0.1, 0.15) is 11.5 Å². The highest BCUT2D eigenvalue weighted by atomic mass is 79.9. The SMILES string of the molecule is COc1ccc(OC(CCBr)C(=O)O)cc1. The highest BCUT2D eigenvalue weighted by molar-refractivity contribution is 9.09. The van der Waals surface area contributed by atoms with Gasteiger partial charge in [-0.3, -0.25) is 0 Å². The van der Waals surface area contributed by atoms with E-state index in [2.05, 4.69) is 15.9 Å². The Morgan fingerprint density at radius 2 is 1.94 bits per heavy atom. The zero-order chi connectivity index (χ0) is 12.0. The van der Waals surface area contributed by atoms with E-state index in [9.17, 15) is 4.79 Å². The van der Waals surface area contributed by atoms with Crippen LogP contribution in [-0.4, -0.2) is 29.6 Å². The Balaban J connectivity index is 2.65. The minimum atomic E-state index is -0.963. The molecule has 1 rings (SSSR count). The molecule has 0 aliphatic carbocycles. The van der Waals surface area contributed by atoms with E-state index in [0.717, 1.165) is 0 Å². The predicted molar refractivity (Wildman–Crippen MR) is 63.5 cm³/mol. The second kappa shape index (κ2) is 6.37.